The number of rotatable bonds is 3. The fraction of sp³-hybridized carbons (Fsp3) is 0.294. The number of imidazole rings is 1. The summed E-state index contributed by atoms with van der Waals surface area (Å²) >= 11 is 6.46. The number of fused-ring (bicyclic) bond motifs is 6. The molecule has 0 radical (unpaired) electrons. The van der Waals surface area contributed by atoms with E-state index in [2.05, 4.69) is 25.4 Å². The molecule has 4 aromatic heterocycles. The van der Waals surface area contributed by atoms with Crippen LogP contribution >= 0.6 is 11.6 Å². The molecule has 1 N–H and O–H groups in total. The van der Waals surface area contributed by atoms with Gasteiger partial charge in [-0.05, 0) is 55.3 Å². The third-order valence-corrected chi connectivity index (χ3v) is 9.49. The Morgan fingerprint density at radius 2 is 1.82 bits per heavy atom. The number of amides is 1. The number of aryl methyl sites for hydroxylation is 1. The molecule has 50 heavy (non-hydrogen) atoms. The van der Waals surface area contributed by atoms with Gasteiger partial charge in [0.1, 0.15) is 40.8 Å². The molecular weight excluding hydrogens is 673 g/mol. The molecule has 16 heteroatoms. The first kappa shape index (κ1) is 32.0. The molecule has 1 saturated heterocycles. The zero-order valence-electron chi connectivity index (χ0n) is 27.1. The number of methoxy groups -OCH3 is 1. The van der Waals surface area contributed by atoms with E-state index in [9.17, 15) is 18.0 Å². The van der Waals surface area contributed by atoms with Crippen LogP contribution in [0.15, 0.2) is 54.7 Å². The van der Waals surface area contributed by atoms with E-state index >= 15 is 0 Å². The van der Waals surface area contributed by atoms with Crippen LogP contribution in [0.1, 0.15) is 12.2 Å². The van der Waals surface area contributed by atoms with Gasteiger partial charge in [-0.15, -0.1) is 0 Å². The Hall–Kier alpha value is -5.28. The molecule has 1 amide bonds. The molecular formula is C34H30ClF3N10O2. The number of nitrogens with zero attached hydrogens (tertiary/aromatic N) is 9. The molecule has 2 aliphatic rings. The molecule has 8 rings (SSSR count). The van der Waals surface area contributed by atoms with E-state index in [4.69, 9.17) is 21.3 Å². The number of carbonyl (C=O) groups is 1. The van der Waals surface area contributed by atoms with Crippen LogP contribution in [0, 0.1) is 24.4 Å². The third-order valence-electron chi connectivity index (χ3n) is 9.32. The van der Waals surface area contributed by atoms with Crippen molar-refractivity contribution < 1.29 is 22.7 Å². The number of halogens is 4. The zero-order chi connectivity index (χ0) is 34.8. The number of ether oxygens (including phenoxy) is 1. The summed E-state index contributed by atoms with van der Waals surface area (Å²) in [4.78, 5) is 36.2. The molecule has 6 heterocycles. The number of hydrogen-bond acceptors (Lipinski definition) is 9. The smallest absolute Gasteiger partial charge is 0.245 e. The lowest BCUT2D eigenvalue weighted by Gasteiger charge is -2.31. The topological polar surface area (TPSA) is 119 Å². The molecule has 2 aliphatic heterocycles. The van der Waals surface area contributed by atoms with Gasteiger partial charge in [0.2, 0.25) is 11.2 Å². The van der Waals surface area contributed by atoms with Crippen molar-refractivity contribution in [2.24, 2.45) is 0 Å². The summed E-state index contributed by atoms with van der Waals surface area (Å²) in [7, 11) is 3.30. The van der Waals surface area contributed by atoms with Crippen LogP contribution in [0.2, 0.25) is 5.28 Å². The highest BCUT2D eigenvalue weighted by Gasteiger charge is 2.41. The van der Waals surface area contributed by atoms with E-state index in [-0.39, 0.29) is 35.1 Å². The van der Waals surface area contributed by atoms with E-state index in [1.165, 1.54) is 29.1 Å². The summed E-state index contributed by atoms with van der Waals surface area (Å²) in [6.45, 7) is 2.73. The predicted molar refractivity (Wildman–Crippen MR) is 181 cm³/mol. The number of hydrogen-bond donors (Lipinski definition) is 1. The van der Waals surface area contributed by atoms with Crippen molar-refractivity contribution in [1.82, 2.24) is 39.2 Å². The summed E-state index contributed by atoms with van der Waals surface area (Å²) in [5.41, 5.74) is 2.51. The predicted octanol–water partition coefficient (Wildman–Crippen LogP) is 5.15. The fourth-order valence-corrected chi connectivity index (χ4v) is 7.19. The standard InChI is InChI=1S/C34H30ClF3N10O2/c1-17-40-26-11-19(37)9-22-25-5-4-6-29(42-25)41-20-12-28(33(49)45(2)15-21(50-3)16-46(17)30(22)26)47(14-20)31-23-13-39-48(32(23)44-34(35)43-31)27-8-7-18(36)10-24(27)38/h4-11,13,20-21,28H,12,14-16H2,1-3H3,(H,41,42)/t20-,21-,28-/m0/s1. The number of nitrogens with one attached hydrogen (secondary N) is 1. The molecule has 256 valence electrons. The minimum absolute atomic E-state index is 0.0275. The van der Waals surface area contributed by atoms with Gasteiger partial charge in [0.15, 0.2) is 11.5 Å². The van der Waals surface area contributed by atoms with Crippen LogP contribution in [0.5, 0.6) is 0 Å². The van der Waals surface area contributed by atoms with Gasteiger partial charge in [-0.3, -0.25) is 4.79 Å². The Labute approximate surface area is 288 Å². The SMILES string of the molecule is CO[C@H]1CN(C)C(=O)[C@@H]2C[C@@H](CN2c2nc(Cl)nc3c2cnn3-c2ccc(F)cc2F)Nc2cccc(n2)-c2cc(F)cc3nc(C)n(c23)C1. The quantitative estimate of drug-likeness (QED) is 0.250. The molecule has 4 bridgehead atoms. The van der Waals surface area contributed by atoms with Crippen molar-refractivity contribution in [2.45, 2.75) is 38.1 Å². The van der Waals surface area contributed by atoms with Gasteiger partial charge in [-0.25, -0.2) is 27.8 Å². The highest BCUT2D eigenvalue weighted by molar-refractivity contribution is 6.28. The third kappa shape index (κ3) is 5.46. The largest absolute Gasteiger partial charge is 0.378 e. The highest BCUT2D eigenvalue weighted by atomic mass is 35.5. The normalized spacial score (nSPS) is 19.6. The number of anilines is 2. The average Bonchev–Trinajstić information content (AvgIpc) is 3.78. The summed E-state index contributed by atoms with van der Waals surface area (Å²) in [5, 5.41) is 8.09. The summed E-state index contributed by atoms with van der Waals surface area (Å²) in [6.07, 6.45) is 1.39. The van der Waals surface area contributed by atoms with Crippen LogP contribution in [-0.2, 0) is 16.1 Å². The lowest BCUT2D eigenvalue weighted by Crippen LogP contribution is -2.47. The minimum atomic E-state index is -0.834. The summed E-state index contributed by atoms with van der Waals surface area (Å²) in [5.74, 6) is -0.665. The van der Waals surface area contributed by atoms with E-state index < -0.39 is 29.6 Å². The highest BCUT2D eigenvalue weighted by Crippen LogP contribution is 2.35. The van der Waals surface area contributed by atoms with Crippen LogP contribution in [0.25, 0.3) is 39.0 Å². The fourth-order valence-electron chi connectivity index (χ4n) is 7.03. The van der Waals surface area contributed by atoms with Crippen LogP contribution < -0.4 is 10.2 Å². The lowest BCUT2D eigenvalue weighted by atomic mass is 10.1. The molecule has 0 aliphatic carbocycles. The maximum Gasteiger partial charge on any atom is 0.245 e. The van der Waals surface area contributed by atoms with Crippen LogP contribution in [0.4, 0.5) is 24.8 Å². The van der Waals surface area contributed by atoms with Crippen molar-refractivity contribution in [3.63, 3.8) is 0 Å². The van der Waals surface area contributed by atoms with Crippen molar-refractivity contribution >= 4 is 51.2 Å². The van der Waals surface area contributed by atoms with Crippen molar-refractivity contribution in [1.29, 1.82) is 0 Å². The van der Waals surface area contributed by atoms with Gasteiger partial charge in [-0.2, -0.15) is 15.1 Å². The van der Waals surface area contributed by atoms with Gasteiger partial charge >= 0.3 is 0 Å². The van der Waals surface area contributed by atoms with Gasteiger partial charge < -0.3 is 24.4 Å². The van der Waals surface area contributed by atoms with E-state index in [0.29, 0.717) is 59.1 Å². The Balaban J connectivity index is 1.24. The second-order valence-electron chi connectivity index (χ2n) is 12.5. The first-order chi connectivity index (χ1) is 24.1. The molecule has 0 saturated carbocycles. The molecule has 12 nitrogen and oxygen atoms in total. The second-order valence-corrected chi connectivity index (χ2v) is 12.9. The van der Waals surface area contributed by atoms with E-state index in [0.717, 1.165) is 17.6 Å². The van der Waals surface area contributed by atoms with Gasteiger partial charge in [0, 0.05) is 51.0 Å². The van der Waals surface area contributed by atoms with Crippen LogP contribution in [0.3, 0.4) is 0 Å². The summed E-state index contributed by atoms with van der Waals surface area (Å²) < 4.78 is 52.6. The number of aromatic nitrogens is 7. The number of carbonyl (C=O) groups excluding carboxylic acids is 1. The molecule has 0 unspecified atom stereocenters. The Morgan fingerprint density at radius 1 is 0.980 bits per heavy atom. The first-order valence-corrected chi connectivity index (χ1v) is 16.3. The Morgan fingerprint density at radius 3 is 2.62 bits per heavy atom. The van der Waals surface area contributed by atoms with E-state index in [1.54, 1.807) is 19.1 Å². The van der Waals surface area contributed by atoms with Gasteiger partial charge in [0.25, 0.3) is 0 Å². The van der Waals surface area contributed by atoms with Crippen LogP contribution in [-0.4, -0.2) is 90.5 Å². The average molecular weight is 703 g/mol. The maximum absolute atomic E-state index is 15.0. The maximum atomic E-state index is 15.0. The van der Waals surface area contributed by atoms with Gasteiger partial charge in [-0.1, -0.05) is 6.07 Å². The minimum Gasteiger partial charge on any atom is -0.378 e. The molecule has 0 spiro atoms. The van der Waals surface area contributed by atoms with Gasteiger partial charge in [0.05, 0.1) is 41.0 Å². The lowest BCUT2D eigenvalue weighted by molar-refractivity contribution is -0.132. The second kappa shape index (κ2) is 12.2. The Bertz CT molecular complexity index is 2310. The van der Waals surface area contributed by atoms with Crippen molar-refractivity contribution in [2.75, 3.05) is 37.5 Å². The molecule has 1 fully saturated rings. The number of benzene rings is 2. The molecule has 2 aromatic carbocycles. The van der Waals surface area contributed by atoms with Crippen molar-refractivity contribution in [3.05, 3.63) is 83.3 Å². The first-order valence-electron chi connectivity index (χ1n) is 15.9. The number of likely N-dealkylation sites (N-methyl/N-ethyl adjacent to an activating group) is 1. The van der Waals surface area contributed by atoms with E-state index in [1.807, 2.05) is 34.6 Å². The number of pyridine rings is 1. The zero-order valence-corrected chi connectivity index (χ0v) is 27.9. The monoisotopic (exact) mass is 702 g/mol. The molecule has 6 aromatic rings. The summed E-state index contributed by atoms with van der Waals surface area (Å²) in [6, 6.07) is 10.5. The molecule has 3 atom stereocenters. The Kier molecular flexibility index (Phi) is 7.83. The van der Waals surface area contributed by atoms with Crippen molar-refractivity contribution in [3.8, 4) is 16.9 Å².